The number of ether oxygens (including phenoxy) is 3. The van der Waals surface area contributed by atoms with Crippen molar-refractivity contribution in [3.05, 3.63) is 76.5 Å². The van der Waals surface area contributed by atoms with Crippen LogP contribution in [0.3, 0.4) is 0 Å². The van der Waals surface area contributed by atoms with Gasteiger partial charge < -0.3 is 38.2 Å². The Kier molecular flexibility index (Phi) is 7.92. The Labute approximate surface area is 227 Å². The number of hydrogen-bond acceptors (Lipinski definition) is 6. The van der Waals surface area contributed by atoms with E-state index in [4.69, 9.17) is 14.2 Å². The second-order valence-corrected chi connectivity index (χ2v) is 9.04. The maximum absolute atomic E-state index is 13.0. The zero-order valence-corrected chi connectivity index (χ0v) is 22.5. The molecule has 3 aliphatic rings. The molecule has 2 aromatic rings. The number of hydrogen-bond donors (Lipinski definition) is 0. The molecule has 2 heterocycles. The predicted octanol–water partition coefficient (Wildman–Crippen LogP) is 1.26. The molecule has 0 atom stereocenters. The van der Waals surface area contributed by atoms with Crippen LogP contribution in [0, 0.1) is 0 Å². The Morgan fingerprint density at radius 3 is 2.14 bits per heavy atom. The number of rotatable bonds is 5. The summed E-state index contributed by atoms with van der Waals surface area (Å²) in [4.78, 5) is 38.8. The first-order valence-corrected chi connectivity index (χ1v) is 12.1. The van der Waals surface area contributed by atoms with Crippen molar-refractivity contribution >= 4 is 17.5 Å². The fourth-order valence-electron chi connectivity index (χ4n) is 5.00. The topological polar surface area (TPSA) is 82.8 Å². The third kappa shape index (κ3) is 4.96. The quantitative estimate of drug-likeness (QED) is 0.222. The summed E-state index contributed by atoms with van der Waals surface area (Å²) in [5.41, 5.74) is 2.34. The highest BCUT2D eigenvalue weighted by molar-refractivity contribution is 6.05. The fraction of sp³-hybridized carbons (Fsp3) is 0.357. The summed E-state index contributed by atoms with van der Waals surface area (Å²) in [5, 5.41) is 0. The monoisotopic (exact) mass is 601 g/mol. The minimum absolute atomic E-state index is 0. The van der Waals surface area contributed by atoms with Crippen LogP contribution in [-0.2, 0) is 21.4 Å². The highest BCUT2D eigenvalue weighted by atomic mass is 127. The van der Waals surface area contributed by atoms with Crippen LogP contribution in [0.5, 0.6) is 11.5 Å². The summed E-state index contributed by atoms with van der Waals surface area (Å²) in [7, 11) is 1.87. The van der Waals surface area contributed by atoms with Crippen LogP contribution in [0.25, 0.3) is 0 Å². The van der Waals surface area contributed by atoms with Gasteiger partial charge in [0.05, 0.1) is 12.2 Å². The van der Waals surface area contributed by atoms with E-state index in [1.54, 1.807) is 36.7 Å². The number of Topliss-reactive ketones (excluding diaryl/α,β-unsaturated/α-hetero) is 2. The summed E-state index contributed by atoms with van der Waals surface area (Å²) in [5.74, 6) is 1.10. The predicted molar refractivity (Wildman–Crippen MR) is 126 cm³/mol. The van der Waals surface area contributed by atoms with Crippen LogP contribution in [0.2, 0.25) is 0 Å². The van der Waals surface area contributed by atoms with Gasteiger partial charge in [0.1, 0.15) is 18.6 Å². The lowest BCUT2D eigenvalue weighted by atomic mass is 9.73. The average Bonchev–Trinajstić information content (AvgIpc) is 2.85. The highest BCUT2D eigenvalue weighted by Crippen LogP contribution is 2.48. The molecule has 0 amide bonds. The number of aryl methyl sites for hydroxylation is 1. The first-order valence-electron chi connectivity index (χ1n) is 12.1. The Balaban J connectivity index is 0.00000304. The number of benzene rings is 1. The van der Waals surface area contributed by atoms with Crippen molar-refractivity contribution in [3.63, 3.8) is 0 Å². The van der Waals surface area contributed by atoms with E-state index >= 15 is 0 Å². The van der Waals surface area contributed by atoms with Gasteiger partial charge in [-0.3, -0.25) is 9.59 Å². The molecule has 1 aromatic heterocycles. The number of nitrogens with zero attached hydrogens (tertiary/aromatic N) is 1. The van der Waals surface area contributed by atoms with Crippen molar-refractivity contribution in [1.82, 2.24) is 0 Å². The number of halogens is 1. The third-order valence-corrected chi connectivity index (χ3v) is 6.66. The molecule has 1 aromatic carbocycles. The van der Waals surface area contributed by atoms with E-state index in [1.165, 1.54) is 0 Å². The average molecular weight is 601 g/mol. The van der Waals surface area contributed by atoms with Gasteiger partial charge in [-0.15, -0.1) is 0 Å². The van der Waals surface area contributed by atoms with Crippen molar-refractivity contribution in [3.8, 4) is 11.5 Å². The molecular formula is C28H28INO6. The smallest absolute Gasteiger partial charge is 0.344 e. The van der Waals surface area contributed by atoms with Crippen molar-refractivity contribution < 1.29 is 57.1 Å². The Morgan fingerprint density at radius 1 is 0.944 bits per heavy atom. The lowest BCUT2D eigenvalue weighted by Crippen LogP contribution is -3.00. The summed E-state index contributed by atoms with van der Waals surface area (Å²) in [6.07, 6.45) is 7.29. The molecule has 0 saturated heterocycles. The molecule has 36 heavy (non-hydrogen) atoms. The minimum Gasteiger partial charge on any atom is -1.00 e. The zero-order chi connectivity index (χ0) is 24.5. The minimum atomic E-state index is -0.495. The summed E-state index contributed by atoms with van der Waals surface area (Å²) in [6.45, 7) is 2.21. The standard InChI is InChI=1S/C28H28NO6.HI/c1-3-33-24-16-18(10-11-21(24)35-28(32)17-12-14-29(2)15-13-17)25-26-19(30)6-4-8-22(26)34-23-9-5-7-20(31)27(23)25;/h10-16,25H,3-9H2,1-2H3;1H/q+1;/p-1. The van der Waals surface area contributed by atoms with Gasteiger partial charge in [-0.1, -0.05) is 6.07 Å². The van der Waals surface area contributed by atoms with Gasteiger partial charge in [0.2, 0.25) is 0 Å². The molecule has 0 unspecified atom stereocenters. The molecule has 7 nitrogen and oxygen atoms in total. The Morgan fingerprint density at radius 2 is 1.56 bits per heavy atom. The van der Waals surface area contributed by atoms with Gasteiger partial charge in [-0.05, 0) is 37.5 Å². The molecule has 0 bridgehead atoms. The second-order valence-electron chi connectivity index (χ2n) is 9.04. The Bertz CT molecular complexity index is 1240. The van der Waals surface area contributed by atoms with Crippen LogP contribution in [-0.4, -0.2) is 24.1 Å². The number of pyridine rings is 1. The summed E-state index contributed by atoms with van der Waals surface area (Å²) < 4.78 is 19.4. The fourth-order valence-corrected chi connectivity index (χ4v) is 5.00. The third-order valence-electron chi connectivity index (χ3n) is 6.66. The lowest BCUT2D eigenvalue weighted by Gasteiger charge is -2.36. The summed E-state index contributed by atoms with van der Waals surface area (Å²) >= 11 is 0. The van der Waals surface area contributed by atoms with Crippen molar-refractivity contribution in [2.75, 3.05) is 6.61 Å². The molecule has 1 aliphatic heterocycles. The first kappa shape index (κ1) is 26.1. The number of aromatic nitrogens is 1. The molecule has 0 radical (unpaired) electrons. The maximum Gasteiger partial charge on any atom is 0.344 e. The van der Waals surface area contributed by atoms with E-state index in [0.29, 0.717) is 66.3 Å². The molecule has 2 aliphatic carbocycles. The molecular weight excluding hydrogens is 573 g/mol. The molecule has 0 spiro atoms. The van der Waals surface area contributed by atoms with Gasteiger partial charge in [-0.25, -0.2) is 9.36 Å². The lowest BCUT2D eigenvalue weighted by molar-refractivity contribution is -0.671. The molecule has 0 fully saturated rings. The van der Waals surface area contributed by atoms with Gasteiger partial charge in [0.25, 0.3) is 0 Å². The van der Waals surface area contributed by atoms with Gasteiger partial charge in [0, 0.05) is 54.9 Å². The van der Waals surface area contributed by atoms with Crippen LogP contribution >= 0.6 is 0 Å². The molecule has 188 valence electrons. The molecule has 5 rings (SSSR count). The number of carbonyl (C=O) groups is 3. The van der Waals surface area contributed by atoms with Crippen LogP contribution in [0.15, 0.2) is 65.4 Å². The molecule has 8 heteroatoms. The Hall–Kier alpha value is -3.01. The number of esters is 1. The van der Waals surface area contributed by atoms with Crippen molar-refractivity contribution in [2.24, 2.45) is 7.05 Å². The van der Waals surface area contributed by atoms with Crippen LogP contribution < -0.4 is 38.0 Å². The van der Waals surface area contributed by atoms with Gasteiger partial charge >= 0.3 is 5.97 Å². The van der Waals surface area contributed by atoms with E-state index in [-0.39, 0.29) is 41.3 Å². The number of ketones is 2. The number of allylic oxidation sites excluding steroid dienone is 4. The van der Waals surface area contributed by atoms with E-state index in [1.807, 2.05) is 24.6 Å². The second kappa shape index (κ2) is 10.9. The highest BCUT2D eigenvalue weighted by Gasteiger charge is 2.42. The van der Waals surface area contributed by atoms with E-state index in [2.05, 4.69) is 0 Å². The van der Waals surface area contributed by atoms with Gasteiger partial charge in [0.15, 0.2) is 35.5 Å². The van der Waals surface area contributed by atoms with Gasteiger partial charge in [-0.2, -0.15) is 0 Å². The van der Waals surface area contributed by atoms with E-state index in [9.17, 15) is 14.4 Å². The SMILES string of the molecule is CCOc1cc(C2C3=C(CCCC3=O)OC3=C2C(=O)CCC3)ccc1OC(=O)c1cc[n+](C)cc1.[I-]. The maximum atomic E-state index is 13.0. The van der Waals surface area contributed by atoms with Crippen molar-refractivity contribution in [2.45, 2.75) is 51.4 Å². The van der Waals surface area contributed by atoms with Crippen molar-refractivity contribution in [1.29, 1.82) is 0 Å². The zero-order valence-electron chi connectivity index (χ0n) is 20.3. The van der Waals surface area contributed by atoms with Crippen LogP contribution in [0.4, 0.5) is 0 Å². The molecule has 0 saturated carbocycles. The van der Waals surface area contributed by atoms with Crippen LogP contribution in [0.1, 0.15) is 67.3 Å². The first-order chi connectivity index (χ1) is 17.0. The number of carbonyl (C=O) groups excluding carboxylic acids is 3. The largest absolute Gasteiger partial charge is 1.00 e. The summed E-state index contributed by atoms with van der Waals surface area (Å²) in [6, 6.07) is 8.64. The normalized spacial score (nSPS) is 17.6. The van der Waals surface area contributed by atoms with E-state index in [0.717, 1.165) is 18.4 Å². The molecule has 0 N–H and O–H groups in total. The van der Waals surface area contributed by atoms with E-state index < -0.39 is 11.9 Å².